The molecule has 14 heavy (non-hydrogen) atoms. The smallest absolute Gasteiger partial charge is 0.133 e. The molecule has 0 aliphatic carbocycles. The molecule has 0 fully saturated rings. The van der Waals surface area contributed by atoms with Gasteiger partial charge in [0.05, 0.1) is 23.6 Å². The van der Waals surface area contributed by atoms with Gasteiger partial charge in [-0.15, -0.1) is 5.10 Å². The molecule has 2 aromatic rings. The van der Waals surface area contributed by atoms with E-state index in [2.05, 4.69) is 36.1 Å². The summed E-state index contributed by atoms with van der Waals surface area (Å²) in [6.07, 6.45) is 3.29. The van der Waals surface area contributed by atoms with Crippen LogP contribution >= 0.6 is 0 Å². The van der Waals surface area contributed by atoms with Gasteiger partial charge >= 0.3 is 0 Å². The van der Waals surface area contributed by atoms with E-state index in [0.717, 1.165) is 11.0 Å². The normalized spacial score (nSPS) is 12.2. The van der Waals surface area contributed by atoms with Gasteiger partial charge in [0.2, 0.25) is 0 Å². The van der Waals surface area contributed by atoms with Crippen LogP contribution in [-0.4, -0.2) is 20.0 Å². The van der Waals surface area contributed by atoms with E-state index >= 15 is 0 Å². The van der Waals surface area contributed by atoms with Crippen LogP contribution in [0.5, 0.6) is 0 Å². The van der Waals surface area contributed by atoms with E-state index in [1.165, 1.54) is 0 Å². The van der Waals surface area contributed by atoms with E-state index < -0.39 is 0 Å². The number of nitrogens with two attached hydrogens (primary N) is 1. The monoisotopic (exact) mass is 191 g/mol. The van der Waals surface area contributed by atoms with Crippen LogP contribution in [0.4, 0.5) is 5.69 Å². The Labute approximate surface area is 81.9 Å². The van der Waals surface area contributed by atoms with Gasteiger partial charge in [-0.2, -0.15) is 0 Å². The summed E-state index contributed by atoms with van der Waals surface area (Å²) in [4.78, 5) is 3.97. The summed E-state index contributed by atoms with van der Waals surface area (Å²) in [5.74, 6) is 0. The molecule has 2 heterocycles. The fraction of sp³-hybridized carbons (Fsp3) is 0.444. The first kappa shape index (κ1) is 8.93. The van der Waals surface area contributed by atoms with Crippen LogP contribution in [0.25, 0.3) is 11.0 Å². The number of nitrogens with zero attached hydrogens (tertiary/aromatic N) is 4. The lowest BCUT2D eigenvalue weighted by Crippen LogP contribution is -2.23. The number of rotatable bonds is 0. The van der Waals surface area contributed by atoms with Crippen molar-refractivity contribution in [1.82, 2.24) is 20.0 Å². The van der Waals surface area contributed by atoms with Gasteiger partial charge in [0.15, 0.2) is 0 Å². The van der Waals surface area contributed by atoms with Crippen molar-refractivity contribution in [2.24, 2.45) is 0 Å². The fourth-order valence-electron chi connectivity index (χ4n) is 1.37. The zero-order valence-corrected chi connectivity index (χ0v) is 8.52. The molecule has 0 aliphatic heterocycles. The van der Waals surface area contributed by atoms with Crippen molar-refractivity contribution in [2.75, 3.05) is 5.73 Å². The Morgan fingerprint density at radius 3 is 2.64 bits per heavy atom. The highest BCUT2D eigenvalue weighted by Crippen LogP contribution is 2.23. The maximum atomic E-state index is 5.83. The highest BCUT2D eigenvalue weighted by molar-refractivity contribution is 5.85. The standard InChI is InChI=1S/C9H13N5/c1-9(2,3)14-8-6(10)4-11-5-7(8)12-13-14/h4-5H,10H2,1-3H3. The van der Waals surface area contributed by atoms with E-state index in [-0.39, 0.29) is 5.54 Å². The largest absolute Gasteiger partial charge is 0.396 e. The fourth-order valence-corrected chi connectivity index (χ4v) is 1.37. The molecule has 0 unspecified atom stereocenters. The second-order valence-corrected chi connectivity index (χ2v) is 4.27. The van der Waals surface area contributed by atoms with Gasteiger partial charge in [-0.3, -0.25) is 4.98 Å². The van der Waals surface area contributed by atoms with E-state index in [0.29, 0.717) is 5.69 Å². The van der Waals surface area contributed by atoms with Crippen molar-refractivity contribution in [3.8, 4) is 0 Å². The minimum atomic E-state index is -0.121. The summed E-state index contributed by atoms with van der Waals surface area (Å²) in [5.41, 5.74) is 7.92. The van der Waals surface area contributed by atoms with Crippen LogP contribution in [0, 0.1) is 0 Å². The molecule has 0 atom stereocenters. The zero-order chi connectivity index (χ0) is 10.3. The average Bonchev–Trinajstić information content (AvgIpc) is 2.47. The van der Waals surface area contributed by atoms with Crippen molar-refractivity contribution >= 4 is 16.7 Å². The second kappa shape index (κ2) is 2.67. The van der Waals surface area contributed by atoms with Gasteiger partial charge in [-0.25, -0.2) is 4.68 Å². The van der Waals surface area contributed by atoms with Crippen LogP contribution < -0.4 is 5.73 Å². The summed E-state index contributed by atoms with van der Waals surface area (Å²) >= 11 is 0. The molecular weight excluding hydrogens is 178 g/mol. The number of hydrogen-bond acceptors (Lipinski definition) is 4. The molecule has 5 nitrogen and oxygen atoms in total. The summed E-state index contributed by atoms with van der Waals surface area (Å²) in [7, 11) is 0. The van der Waals surface area contributed by atoms with Gasteiger partial charge in [0.25, 0.3) is 0 Å². The summed E-state index contributed by atoms with van der Waals surface area (Å²) in [6.45, 7) is 6.17. The molecule has 0 amide bonds. The quantitative estimate of drug-likeness (QED) is 0.678. The third-order valence-corrected chi connectivity index (χ3v) is 2.02. The van der Waals surface area contributed by atoms with Crippen molar-refractivity contribution in [2.45, 2.75) is 26.3 Å². The van der Waals surface area contributed by atoms with Crippen LogP contribution in [0.15, 0.2) is 12.4 Å². The summed E-state index contributed by atoms with van der Waals surface area (Å²) in [6, 6.07) is 0. The van der Waals surface area contributed by atoms with E-state index in [4.69, 9.17) is 5.73 Å². The molecule has 0 bridgehead atoms. The predicted octanol–water partition coefficient (Wildman–Crippen LogP) is 1.16. The molecular formula is C9H13N5. The lowest BCUT2D eigenvalue weighted by molar-refractivity contribution is 0.359. The number of fused-ring (bicyclic) bond motifs is 1. The van der Waals surface area contributed by atoms with Crippen LogP contribution in [-0.2, 0) is 5.54 Å². The molecule has 2 rings (SSSR count). The summed E-state index contributed by atoms with van der Waals surface area (Å²) in [5, 5.41) is 8.09. The van der Waals surface area contributed by atoms with Gasteiger partial charge < -0.3 is 5.73 Å². The molecule has 0 saturated carbocycles. The van der Waals surface area contributed by atoms with Crippen molar-refractivity contribution in [3.05, 3.63) is 12.4 Å². The van der Waals surface area contributed by atoms with E-state index in [9.17, 15) is 0 Å². The van der Waals surface area contributed by atoms with E-state index in [1.807, 2.05) is 4.68 Å². The number of pyridine rings is 1. The predicted molar refractivity (Wildman–Crippen MR) is 54.7 cm³/mol. The minimum absolute atomic E-state index is 0.121. The SMILES string of the molecule is CC(C)(C)n1nnc2cncc(N)c21. The molecule has 0 aliphatic rings. The second-order valence-electron chi connectivity index (χ2n) is 4.27. The lowest BCUT2D eigenvalue weighted by atomic mass is 10.1. The molecule has 0 spiro atoms. The topological polar surface area (TPSA) is 69.6 Å². The lowest BCUT2D eigenvalue weighted by Gasteiger charge is -2.19. The Kier molecular flexibility index (Phi) is 1.70. The third-order valence-electron chi connectivity index (χ3n) is 2.02. The Morgan fingerprint density at radius 2 is 2.00 bits per heavy atom. The minimum Gasteiger partial charge on any atom is -0.396 e. The average molecular weight is 191 g/mol. The van der Waals surface area contributed by atoms with Crippen molar-refractivity contribution < 1.29 is 0 Å². The first-order valence-corrected chi connectivity index (χ1v) is 4.45. The van der Waals surface area contributed by atoms with Crippen LogP contribution in [0.3, 0.4) is 0 Å². The number of anilines is 1. The number of nitrogen functional groups attached to an aromatic ring is 1. The molecule has 0 radical (unpaired) electrons. The Balaban J connectivity index is 2.80. The molecule has 0 saturated heterocycles. The Hall–Kier alpha value is -1.65. The number of aromatic nitrogens is 4. The maximum absolute atomic E-state index is 5.83. The van der Waals surface area contributed by atoms with E-state index in [1.54, 1.807) is 12.4 Å². The van der Waals surface area contributed by atoms with Crippen molar-refractivity contribution in [1.29, 1.82) is 0 Å². The molecule has 0 aromatic carbocycles. The molecule has 74 valence electrons. The Bertz CT molecular complexity index is 465. The molecule has 5 heteroatoms. The van der Waals surface area contributed by atoms with Gasteiger partial charge in [-0.1, -0.05) is 5.21 Å². The maximum Gasteiger partial charge on any atom is 0.133 e. The highest BCUT2D eigenvalue weighted by atomic mass is 15.5. The van der Waals surface area contributed by atoms with Gasteiger partial charge in [0.1, 0.15) is 11.0 Å². The first-order valence-electron chi connectivity index (χ1n) is 4.45. The molecule has 2 aromatic heterocycles. The van der Waals surface area contributed by atoms with Gasteiger partial charge in [0, 0.05) is 0 Å². The van der Waals surface area contributed by atoms with Gasteiger partial charge in [-0.05, 0) is 20.8 Å². The van der Waals surface area contributed by atoms with Crippen LogP contribution in [0.2, 0.25) is 0 Å². The zero-order valence-electron chi connectivity index (χ0n) is 8.52. The van der Waals surface area contributed by atoms with Crippen molar-refractivity contribution in [3.63, 3.8) is 0 Å². The molecule has 2 N–H and O–H groups in total. The van der Waals surface area contributed by atoms with Crippen LogP contribution in [0.1, 0.15) is 20.8 Å². The highest BCUT2D eigenvalue weighted by Gasteiger charge is 2.19. The Morgan fingerprint density at radius 1 is 1.29 bits per heavy atom. The first-order chi connectivity index (χ1) is 6.50. The third kappa shape index (κ3) is 1.21. The summed E-state index contributed by atoms with van der Waals surface area (Å²) < 4.78 is 1.82. The number of hydrogen-bond donors (Lipinski definition) is 1.